The Labute approximate surface area is 168 Å². The maximum atomic E-state index is 12.2. The molecule has 0 saturated carbocycles. The van der Waals surface area contributed by atoms with Crippen molar-refractivity contribution in [2.75, 3.05) is 0 Å². The van der Waals surface area contributed by atoms with E-state index in [2.05, 4.69) is 0 Å². The molecule has 5 aromatic rings. The summed E-state index contributed by atoms with van der Waals surface area (Å²) in [5.41, 5.74) is 2.75. The Kier molecular flexibility index (Phi) is 3.86. The van der Waals surface area contributed by atoms with Gasteiger partial charge in [-0.3, -0.25) is 0 Å². The lowest BCUT2D eigenvalue weighted by atomic mass is 10.0. The molecule has 28 heavy (non-hydrogen) atoms. The maximum absolute atomic E-state index is 12.2. The first-order valence-electron chi connectivity index (χ1n) is 8.51. The van der Waals surface area contributed by atoms with Crippen LogP contribution in [0.1, 0.15) is 5.56 Å². The van der Waals surface area contributed by atoms with Crippen molar-refractivity contribution < 1.29 is 13.3 Å². The number of fused-ring (bicyclic) bond motifs is 2. The first kappa shape index (κ1) is 17.2. The van der Waals surface area contributed by atoms with E-state index < -0.39 is 5.63 Å². The third-order valence-electron chi connectivity index (χ3n) is 4.62. The molecule has 0 radical (unpaired) electrons. The van der Waals surface area contributed by atoms with Crippen LogP contribution in [0.25, 0.3) is 44.6 Å². The summed E-state index contributed by atoms with van der Waals surface area (Å²) >= 11 is 12.6. The van der Waals surface area contributed by atoms with E-state index in [9.17, 15) is 4.79 Å². The molecular weight excluding hydrogens is 399 g/mol. The maximum Gasteiger partial charge on any atom is 0.336 e. The second-order valence-corrected chi connectivity index (χ2v) is 7.37. The molecule has 0 aliphatic carbocycles. The predicted molar refractivity (Wildman–Crippen MR) is 110 cm³/mol. The van der Waals surface area contributed by atoms with Crippen LogP contribution in [-0.2, 0) is 0 Å². The second-order valence-electron chi connectivity index (χ2n) is 6.53. The lowest BCUT2D eigenvalue weighted by Gasteiger charge is -2.05. The van der Waals surface area contributed by atoms with Gasteiger partial charge in [0.25, 0.3) is 0 Å². The van der Waals surface area contributed by atoms with E-state index in [0.717, 1.165) is 10.9 Å². The summed E-state index contributed by atoms with van der Waals surface area (Å²) in [4.78, 5) is 12.2. The van der Waals surface area contributed by atoms with Gasteiger partial charge in [0.2, 0.25) is 0 Å². The van der Waals surface area contributed by atoms with Crippen molar-refractivity contribution in [2.24, 2.45) is 0 Å². The van der Waals surface area contributed by atoms with Gasteiger partial charge >= 0.3 is 5.63 Å². The minimum absolute atomic E-state index is 0.379. The van der Waals surface area contributed by atoms with Gasteiger partial charge in [0.15, 0.2) is 5.58 Å². The van der Waals surface area contributed by atoms with Crippen LogP contribution in [-0.4, -0.2) is 0 Å². The average Bonchev–Trinajstić information content (AvgIpc) is 3.27. The summed E-state index contributed by atoms with van der Waals surface area (Å²) in [6.07, 6.45) is 1.57. The summed E-state index contributed by atoms with van der Waals surface area (Å²) in [5.74, 6) is 1.05. The normalized spacial score (nSPS) is 11.5. The number of hydrogen-bond acceptors (Lipinski definition) is 4. The van der Waals surface area contributed by atoms with Crippen LogP contribution in [0.4, 0.5) is 0 Å². The Hall–Kier alpha value is -2.95. The van der Waals surface area contributed by atoms with Gasteiger partial charge in [0.1, 0.15) is 17.1 Å². The molecule has 3 aromatic heterocycles. The fraction of sp³-hybridized carbons (Fsp3) is 0.0455. The minimum atomic E-state index is -0.469. The van der Waals surface area contributed by atoms with Crippen LogP contribution in [0.15, 0.2) is 72.8 Å². The summed E-state index contributed by atoms with van der Waals surface area (Å²) < 4.78 is 17.2. The fourth-order valence-corrected chi connectivity index (χ4v) is 3.97. The molecule has 4 nitrogen and oxygen atoms in total. The molecule has 2 aromatic carbocycles. The van der Waals surface area contributed by atoms with Crippen molar-refractivity contribution in [1.29, 1.82) is 0 Å². The van der Waals surface area contributed by atoms with Crippen molar-refractivity contribution in [3.63, 3.8) is 0 Å². The Bertz CT molecular complexity index is 1410. The van der Waals surface area contributed by atoms with Crippen LogP contribution >= 0.6 is 23.2 Å². The molecule has 0 N–H and O–H groups in total. The predicted octanol–water partition coefficient (Wildman–Crippen LogP) is 7.08. The monoisotopic (exact) mass is 410 g/mol. The highest BCUT2D eigenvalue weighted by Crippen LogP contribution is 2.45. The molecule has 0 fully saturated rings. The number of benzene rings is 2. The molecule has 5 rings (SSSR count). The number of furan rings is 2. The van der Waals surface area contributed by atoms with Crippen molar-refractivity contribution in [2.45, 2.75) is 6.92 Å². The molecule has 0 bridgehead atoms. The van der Waals surface area contributed by atoms with Gasteiger partial charge in [0.05, 0.1) is 16.8 Å². The Morgan fingerprint density at radius 1 is 0.929 bits per heavy atom. The molecule has 0 aliphatic heterocycles. The third-order valence-corrected chi connectivity index (χ3v) is 5.12. The Balaban J connectivity index is 1.96. The number of rotatable bonds is 2. The highest BCUT2D eigenvalue weighted by atomic mass is 35.5. The molecule has 0 atom stereocenters. The number of hydrogen-bond donors (Lipinski definition) is 0. The van der Waals surface area contributed by atoms with Crippen LogP contribution in [0.2, 0.25) is 10.0 Å². The molecule has 3 heterocycles. The third kappa shape index (κ3) is 2.65. The Morgan fingerprint density at radius 3 is 2.57 bits per heavy atom. The molecule has 0 unspecified atom stereocenters. The first-order valence-corrected chi connectivity index (χ1v) is 9.27. The van der Waals surface area contributed by atoms with Gasteiger partial charge in [-0.2, -0.15) is 0 Å². The number of halogens is 2. The van der Waals surface area contributed by atoms with E-state index in [1.165, 1.54) is 6.07 Å². The number of aryl methyl sites for hydroxylation is 1. The van der Waals surface area contributed by atoms with Crippen LogP contribution < -0.4 is 5.63 Å². The van der Waals surface area contributed by atoms with Crippen LogP contribution in [0, 0.1) is 6.92 Å². The van der Waals surface area contributed by atoms with E-state index in [0.29, 0.717) is 49.2 Å². The van der Waals surface area contributed by atoms with E-state index in [4.69, 9.17) is 36.5 Å². The Morgan fingerprint density at radius 2 is 1.79 bits per heavy atom. The zero-order chi connectivity index (χ0) is 19.4. The summed E-state index contributed by atoms with van der Waals surface area (Å²) in [5, 5.41) is 2.31. The van der Waals surface area contributed by atoms with E-state index in [-0.39, 0.29) is 0 Å². The van der Waals surface area contributed by atoms with Crippen LogP contribution in [0.5, 0.6) is 0 Å². The smallest absolute Gasteiger partial charge is 0.336 e. The highest BCUT2D eigenvalue weighted by Gasteiger charge is 2.24. The van der Waals surface area contributed by atoms with Crippen molar-refractivity contribution in [3.8, 4) is 22.6 Å². The van der Waals surface area contributed by atoms with Crippen LogP contribution in [0.3, 0.4) is 0 Å². The average molecular weight is 411 g/mol. The summed E-state index contributed by atoms with van der Waals surface area (Å²) in [6, 6.07) is 14.1. The van der Waals surface area contributed by atoms with Gasteiger partial charge in [-0.25, -0.2) is 4.79 Å². The van der Waals surface area contributed by atoms with Crippen molar-refractivity contribution >= 4 is 45.1 Å². The van der Waals surface area contributed by atoms with E-state index in [1.807, 2.05) is 31.2 Å². The van der Waals surface area contributed by atoms with E-state index in [1.54, 1.807) is 24.5 Å². The standard InChI is InChI=1S/C22H12Cl2O4/c1-11-4-5-13-14(10-19(25)27-18(13)7-11)22-20(17-3-2-6-26-17)15-8-12(23)9-16(24)21(15)28-22/h2-10H,1H3. The molecule has 138 valence electrons. The largest absolute Gasteiger partial charge is 0.464 e. The molecule has 0 aliphatic rings. The van der Waals surface area contributed by atoms with Gasteiger partial charge in [-0.1, -0.05) is 35.3 Å². The summed E-state index contributed by atoms with van der Waals surface area (Å²) in [6.45, 7) is 1.93. The van der Waals surface area contributed by atoms with Crippen molar-refractivity contribution in [3.05, 3.63) is 80.8 Å². The summed E-state index contributed by atoms with van der Waals surface area (Å²) in [7, 11) is 0. The molecule has 0 spiro atoms. The van der Waals surface area contributed by atoms with Gasteiger partial charge in [-0.15, -0.1) is 0 Å². The quantitative estimate of drug-likeness (QED) is 0.291. The zero-order valence-corrected chi connectivity index (χ0v) is 16.1. The second kappa shape index (κ2) is 6.30. The van der Waals surface area contributed by atoms with Gasteiger partial charge in [0, 0.05) is 27.4 Å². The first-order chi connectivity index (χ1) is 13.5. The van der Waals surface area contributed by atoms with Gasteiger partial charge < -0.3 is 13.3 Å². The SMILES string of the molecule is Cc1ccc2c(-c3oc4c(Cl)cc(Cl)cc4c3-c3ccco3)cc(=O)oc2c1. The lowest BCUT2D eigenvalue weighted by Crippen LogP contribution is -1.98. The highest BCUT2D eigenvalue weighted by molar-refractivity contribution is 6.38. The molecule has 6 heteroatoms. The van der Waals surface area contributed by atoms with E-state index >= 15 is 0 Å². The van der Waals surface area contributed by atoms with Gasteiger partial charge in [-0.05, 0) is 42.8 Å². The van der Waals surface area contributed by atoms with Crippen molar-refractivity contribution in [1.82, 2.24) is 0 Å². The fourth-order valence-electron chi connectivity index (χ4n) is 3.44. The molecular formula is C22H12Cl2O4. The zero-order valence-electron chi connectivity index (χ0n) is 14.6. The minimum Gasteiger partial charge on any atom is -0.464 e. The molecule has 0 saturated heterocycles. The lowest BCUT2D eigenvalue weighted by molar-refractivity contribution is 0.559. The molecule has 0 amide bonds. The topological polar surface area (TPSA) is 56.5 Å².